The van der Waals surface area contributed by atoms with Gasteiger partial charge in [0.2, 0.25) is 0 Å². The summed E-state index contributed by atoms with van der Waals surface area (Å²) in [5.74, 6) is 0. The zero-order valence-electron chi connectivity index (χ0n) is 5.44. The number of nitriles is 1. The summed E-state index contributed by atoms with van der Waals surface area (Å²) < 4.78 is 1.47. The monoisotopic (exact) mass is 274 g/mol. The Balaban J connectivity index is 3.35. The smallest absolute Gasteiger partial charge is 0.100 e. The molecule has 0 aliphatic carbocycles. The van der Waals surface area contributed by atoms with Crippen LogP contribution in [0.2, 0.25) is 0 Å². The van der Waals surface area contributed by atoms with E-state index in [0.29, 0.717) is 11.3 Å². The summed E-state index contributed by atoms with van der Waals surface area (Å²) >= 11 is 6.44. The minimum absolute atomic E-state index is 0.575. The Morgan fingerprint density at radius 2 is 1.91 bits per heavy atom. The topological polar surface area (TPSA) is 49.8 Å². The second-order valence-electron chi connectivity index (χ2n) is 1.97. The van der Waals surface area contributed by atoms with E-state index in [0.717, 1.165) is 8.95 Å². The molecule has 0 radical (unpaired) electrons. The lowest BCUT2D eigenvalue weighted by atomic mass is 10.2. The first-order valence-electron chi connectivity index (χ1n) is 2.79. The van der Waals surface area contributed by atoms with Gasteiger partial charge < -0.3 is 5.73 Å². The molecule has 0 saturated carbocycles. The lowest BCUT2D eigenvalue weighted by Gasteiger charge is -1.99. The minimum Gasteiger partial charge on any atom is -0.398 e. The molecule has 0 fully saturated rings. The molecule has 0 spiro atoms. The van der Waals surface area contributed by atoms with E-state index in [-0.39, 0.29) is 0 Å². The van der Waals surface area contributed by atoms with E-state index in [1.165, 1.54) is 0 Å². The number of nitrogens with two attached hydrogens (primary N) is 1. The molecule has 0 atom stereocenters. The molecular formula is C7H4Br2N2. The summed E-state index contributed by atoms with van der Waals surface area (Å²) in [7, 11) is 0. The molecule has 0 aromatic heterocycles. The van der Waals surface area contributed by atoms with Crippen molar-refractivity contribution in [2.75, 3.05) is 5.73 Å². The standard InChI is InChI=1S/C7H4Br2N2/c8-5-2-7(11)6(9)1-4(5)3-10/h1-2H,11H2. The highest BCUT2D eigenvalue weighted by molar-refractivity contribution is 9.11. The zero-order valence-corrected chi connectivity index (χ0v) is 8.61. The average molecular weight is 276 g/mol. The van der Waals surface area contributed by atoms with E-state index in [2.05, 4.69) is 31.9 Å². The third kappa shape index (κ3) is 1.73. The van der Waals surface area contributed by atoms with Crippen LogP contribution in [-0.2, 0) is 0 Å². The first-order valence-corrected chi connectivity index (χ1v) is 4.38. The molecule has 4 heteroatoms. The molecule has 11 heavy (non-hydrogen) atoms. The number of hydrogen-bond acceptors (Lipinski definition) is 2. The van der Waals surface area contributed by atoms with Crippen molar-refractivity contribution in [3.05, 3.63) is 26.6 Å². The van der Waals surface area contributed by atoms with Crippen molar-refractivity contribution in [3.63, 3.8) is 0 Å². The normalized spacial score (nSPS) is 9.18. The molecule has 1 aromatic carbocycles. The van der Waals surface area contributed by atoms with Crippen molar-refractivity contribution >= 4 is 37.5 Å². The summed E-state index contributed by atoms with van der Waals surface area (Å²) in [4.78, 5) is 0. The Bertz CT molecular complexity index is 328. The largest absolute Gasteiger partial charge is 0.398 e. The number of halogens is 2. The Kier molecular flexibility index (Phi) is 2.53. The predicted molar refractivity (Wildman–Crippen MR) is 51.0 cm³/mol. The highest BCUT2D eigenvalue weighted by Gasteiger charge is 2.02. The van der Waals surface area contributed by atoms with Crippen LogP contribution in [-0.4, -0.2) is 0 Å². The van der Waals surface area contributed by atoms with Crippen LogP contribution in [0.1, 0.15) is 5.56 Å². The Morgan fingerprint density at radius 1 is 1.27 bits per heavy atom. The van der Waals surface area contributed by atoms with Gasteiger partial charge in [-0.3, -0.25) is 0 Å². The number of benzene rings is 1. The van der Waals surface area contributed by atoms with Crippen LogP contribution in [0.4, 0.5) is 5.69 Å². The summed E-state index contributed by atoms with van der Waals surface area (Å²) in [6.45, 7) is 0. The maximum Gasteiger partial charge on any atom is 0.100 e. The van der Waals surface area contributed by atoms with Crippen molar-refractivity contribution in [2.45, 2.75) is 0 Å². The summed E-state index contributed by atoms with van der Waals surface area (Å²) in [6, 6.07) is 5.41. The molecule has 2 N–H and O–H groups in total. The van der Waals surface area contributed by atoms with Gasteiger partial charge in [0.1, 0.15) is 6.07 Å². The molecule has 0 saturated heterocycles. The maximum absolute atomic E-state index is 8.59. The molecule has 56 valence electrons. The lowest BCUT2D eigenvalue weighted by Crippen LogP contribution is -1.88. The van der Waals surface area contributed by atoms with Crippen LogP contribution in [0.5, 0.6) is 0 Å². The molecule has 2 nitrogen and oxygen atoms in total. The number of rotatable bonds is 0. The molecule has 1 rings (SSSR count). The van der Waals surface area contributed by atoms with Gasteiger partial charge >= 0.3 is 0 Å². The third-order valence-electron chi connectivity index (χ3n) is 1.21. The second kappa shape index (κ2) is 3.24. The predicted octanol–water partition coefficient (Wildman–Crippen LogP) is 2.67. The van der Waals surface area contributed by atoms with Gasteiger partial charge in [0.05, 0.1) is 5.56 Å². The molecule has 0 bridgehead atoms. The van der Waals surface area contributed by atoms with Crippen molar-refractivity contribution in [3.8, 4) is 6.07 Å². The van der Waals surface area contributed by atoms with Gasteiger partial charge in [-0.25, -0.2) is 0 Å². The molecule has 0 amide bonds. The quantitative estimate of drug-likeness (QED) is 0.740. The first kappa shape index (κ1) is 8.57. The molecule has 1 aromatic rings. The highest BCUT2D eigenvalue weighted by Crippen LogP contribution is 2.26. The van der Waals surface area contributed by atoms with E-state index < -0.39 is 0 Å². The van der Waals surface area contributed by atoms with Crippen molar-refractivity contribution in [2.24, 2.45) is 0 Å². The molecule has 0 aliphatic heterocycles. The van der Waals surface area contributed by atoms with Crippen LogP contribution in [0.25, 0.3) is 0 Å². The highest BCUT2D eigenvalue weighted by atomic mass is 79.9. The molecule has 0 aliphatic rings. The zero-order chi connectivity index (χ0) is 8.43. The van der Waals surface area contributed by atoms with Crippen LogP contribution >= 0.6 is 31.9 Å². The fourth-order valence-corrected chi connectivity index (χ4v) is 1.44. The molecular weight excluding hydrogens is 272 g/mol. The van der Waals surface area contributed by atoms with E-state index in [4.69, 9.17) is 11.0 Å². The SMILES string of the molecule is N#Cc1cc(Br)c(N)cc1Br. The van der Waals surface area contributed by atoms with Gasteiger partial charge in [0.25, 0.3) is 0 Å². The van der Waals surface area contributed by atoms with Crippen molar-refractivity contribution in [1.82, 2.24) is 0 Å². The van der Waals surface area contributed by atoms with Crippen molar-refractivity contribution in [1.29, 1.82) is 5.26 Å². The maximum atomic E-state index is 8.59. The van der Waals surface area contributed by atoms with Crippen LogP contribution < -0.4 is 5.73 Å². The first-order chi connectivity index (χ1) is 5.15. The Morgan fingerprint density at radius 3 is 2.45 bits per heavy atom. The average Bonchev–Trinajstić information content (AvgIpc) is 1.97. The molecule has 0 heterocycles. The van der Waals surface area contributed by atoms with Gasteiger partial charge in [-0.2, -0.15) is 5.26 Å². The van der Waals surface area contributed by atoms with Gasteiger partial charge in [-0.05, 0) is 44.0 Å². The van der Waals surface area contributed by atoms with E-state index in [1.807, 2.05) is 6.07 Å². The Hall–Kier alpha value is -0.530. The fourth-order valence-electron chi connectivity index (χ4n) is 0.648. The lowest BCUT2D eigenvalue weighted by molar-refractivity contribution is 1.45. The van der Waals surface area contributed by atoms with E-state index in [9.17, 15) is 0 Å². The number of nitrogen functional groups attached to an aromatic ring is 1. The van der Waals surface area contributed by atoms with Crippen LogP contribution in [0.3, 0.4) is 0 Å². The fraction of sp³-hybridized carbons (Fsp3) is 0. The summed E-state index contributed by atoms with van der Waals surface area (Å²) in [5, 5.41) is 8.59. The molecule has 0 unspecified atom stereocenters. The number of nitrogens with zero attached hydrogens (tertiary/aromatic N) is 1. The summed E-state index contributed by atoms with van der Waals surface area (Å²) in [6.07, 6.45) is 0. The van der Waals surface area contributed by atoms with Gasteiger partial charge in [-0.1, -0.05) is 0 Å². The van der Waals surface area contributed by atoms with Crippen LogP contribution in [0.15, 0.2) is 21.1 Å². The number of hydrogen-bond donors (Lipinski definition) is 1. The van der Waals surface area contributed by atoms with Gasteiger partial charge in [0, 0.05) is 14.6 Å². The Labute approximate surface area is 81.3 Å². The third-order valence-corrected chi connectivity index (χ3v) is 2.55. The summed E-state index contributed by atoms with van der Waals surface area (Å²) in [5.41, 5.74) is 6.75. The van der Waals surface area contributed by atoms with Crippen LogP contribution in [0, 0.1) is 11.3 Å². The van der Waals surface area contributed by atoms with Crippen molar-refractivity contribution < 1.29 is 0 Å². The number of anilines is 1. The second-order valence-corrected chi connectivity index (χ2v) is 3.67. The van der Waals surface area contributed by atoms with Gasteiger partial charge in [0.15, 0.2) is 0 Å². The van der Waals surface area contributed by atoms with Gasteiger partial charge in [-0.15, -0.1) is 0 Å². The minimum atomic E-state index is 0.575. The van der Waals surface area contributed by atoms with E-state index in [1.54, 1.807) is 12.1 Å². The van der Waals surface area contributed by atoms with E-state index >= 15 is 0 Å².